The Bertz CT molecular complexity index is 723. The Balaban J connectivity index is 2.32. The van der Waals surface area contributed by atoms with Crippen molar-refractivity contribution in [3.8, 4) is 0 Å². The number of thiophene rings is 1. The number of hydrogen-bond donors (Lipinski definition) is 1. The zero-order valence-electron chi connectivity index (χ0n) is 11.5. The maximum atomic E-state index is 13.8. The van der Waals surface area contributed by atoms with E-state index in [1.165, 1.54) is 18.2 Å². The SMILES string of the molecule is Cc1ccsc1C(C)Nc1cc(S(C)(=O)=O)ccc1F. The maximum absolute atomic E-state index is 13.8. The van der Waals surface area contributed by atoms with Gasteiger partial charge in [0, 0.05) is 11.1 Å². The van der Waals surface area contributed by atoms with Gasteiger partial charge in [-0.1, -0.05) is 0 Å². The standard InChI is InChI=1S/C14H16FNO2S2/c1-9-6-7-19-14(9)10(2)16-13-8-11(20(3,17)18)4-5-12(13)15/h4-8,10,16H,1-3H3. The molecule has 1 aromatic heterocycles. The monoisotopic (exact) mass is 313 g/mol. The van der Waals surface area contributed by atoms with Crippen molar-refractivity contribution in [1.82, 2.24) is 0 Å². The molecule has 1 atom stereocenters. The van der Waals surface area contributed by atoms with Gasteiger partial charge < -0.3 is 5.32 Å². The highest BCUT2D eigenvalue weighted by Gasteiger charge is 2.15. The quantitative estimate of drug-likeness (QED) is 0.874. The lowest BCUT2D eigenvalue weighted by Gasteiger charge is -2.16. The molecule has 0 radical (unpaired) electrons. The molecule has 0 fully saturated rings. The number of halogens is 1. The first kappa shape index (κ1) is 15.0. The van der Waals surface area contributed by atoms with Gasteiger partial charge >= 0.3 is 0 Å². The van der Waals surface area contributed by atoms with Crippen molar-refractivity contribution in [1.29, 1.82) is 0 Å². The normalized spacial score (nSPS) is 13.2. The van der Waals surface area contributed by atoms with E-state index in [0.717, 1.165) is 16.7 Å². The lowest BCUT2D eigenvalue weighted by atomic mass is 10.2. The van der Waals surface area contributed by atoms with Gasteiger partial charge in [-0.15, -0.1) is 11.3 Å². The molecular weight excluding hydrogens is 297 g/mol. The molecular formula is C14H16FNO2S2. The van der Waals surface area contributed by atoms with Crippen LogP contribution < -0.4 is 5.32 Å². The fourth-order valence-electron chi connectivity index (χ4n) is 1.97. The molecule has 0 spiro atoms. The summed E-state index contributed by atoms with van der Waals surface area (Å²) in [5, 5.41) is 5.02. The zero-order valence-corrected chi connectivity index (χ0v) is 13.1. The second kappa shape index (κ2) is 5.54. The highest BCUT2D eigenvalue weighted by Crippen LogP contribution is 2.29. The highest BCUT2D eigenvalue weighted by atomic mass is 32.2. The number of nitrogens with one attached hydrogen (secondary N) is 1. The van der Waals surface area contributed by atoms with Gasteiger partial charge in [-0.2, -0.15) is 0 Å². The van der Waals surface area contributed by atoms with Gasteiger partial charge in [0.25, 0.3) is 0 Å². The van der Waals surface area contributed by atoms with Gasteiger partial charge in [-0.25, -0.2) is 12.8 Å². The van der Waals surface area contributed by atoms with E-state index in [2.05, 4.69) is 5.32 Å². The van der Waals surface area contributed by atoms with Gasteiger partial charge in [0.15, 0.2) is 9.84 Å². The zero-order chi connectivity index (χ0) is 14.9. The smallest absolute Gasteiger partial charge is 0.175 e. The summed E-state index contributed by atoms with van der Waals surface area (Å²) in [6, 6.07) is 5.70. The summed E-state index contributed by atoms with van der Waals surface area (Å²) in [5.74, 6) is -0.460. The summed E-state index contributed by atoms with van der Waals surface area (Å²) < 4.78 is 36.8. The van der Waals surface area contributed by atoms with E-state index in [0.29, 0.717) is 0 Å². The van der Waals surface area contributed by atoms with E-state index in [-0.39, 0.29) is 16.6 Å². The van der Waals surface area contributed by atoms with Crippen molar-refractivity contribution in [2.75, 3.05) is 11.6 Å². The first-order valence-corrected chi connectivity index (χ1v) is 8.86. The Morgan fingerprint density at radius 1 is 1.30 bits per heavy atom. The number of hydrogen-bond acceptors (Lipinski definition) is 4. The molecule has 1 heterocycles. The molecule has 0 saturated heterocycles. The van der Waals surface area contributed by atoms with E-state index in [1.807, 2.05) is 25.3 Å². The Hall–Kier alpha value is -1.40. The Labute approximate surface area is 122 Å². The van der Waals surface area contributed by atoms with Crippen LogP contribution in [0.2, 0.25) is 0 Å². The molecule has 0 amide bonds. The van der Waals surface area contributed by atoms with Crippen LogP contribution in [0.25, 0.3) is 0 Å². The van der Waals surface area contributed by atoms with Crippen molar-refractivity contribution in [3.63, 3.8) is 0 Å². The predicted octanol–water partition coefficient (Wildman–Crippen LogP) is 3.77. The van der Waals surface area contributed by atoms with E-state index >= 15 is 0 Å². The van der Waals surface area contributed by atoms with Crippen LogP contribution in [0, 0.1) is 12.7 Å². The molecule has 0 aliphatic carbocycles. The lowest BCUT2D eigenvalue weighted by Crippen LogP contribution is -2.08. The summed E-state index contributed by atoms with van der Waals surface area (Å²) in [5.41, 5.74) is 1.34. The van der Waals surface area contributed by atoms with Gasteiger partial charge in [-0.05, 0) is 49.1 Å². The molecule has 108 valence electrons. The van der Waals surface area contributed by atoms with Gasteiger partial charge in [0.2, 0.25) is 0 Å². The van der Waals surface area contributed by atoms with E-state index in [1.54, 1.807) is 11.3 Å². The highest BCUT2D eigenvalue weighted by molar-refractivity contribution is 7.90. The minimum Gasteiger partial charge on any atom is -0.375 e. The second-order valence-corrected chi connectivity index (χ2v) is 7.71. The van der Waals surface area contributed by atoms with E-state index in [9.17, 15) is 12.8 Å². The average molecular weight is 313 g/mol. The molecule has 0 aliphatic heterocycles. The maximum Gasteiger partial charge on any atom is 0.175 e. The molecule has 0 saturated carbocycles. The summed E-state index contributed by atoms with van der Waals surface area (Å²) in [6.07, 6.45) is 1.11. The minimum atomic E-state index is -3.34. The molecule has 1 aromatic carbocycles. The average Bonchev–Trinajstić information content (AvgIpc) is 2.77. The molecule has 1 N–H and O–H groups in total. The molecule has 20 heavy (non-hydrogen) atoms. The third-order valence-electron chi connectivity index (χ3n) is 3.03. The first-order chi connectivity index (χ1) is 9.29. The molecule has 3 nitrogen and oxygen atoms in total. The van der Waals surface area contributed by atoms with Crippen LogP contribution in [0.15, 0.2) is 34.5 Å². The number of aryl methyl sites for hydroxylation is 1. The van der Waals surface area contributed by atoms with E-state index in [4.69, 9.17) is 0 Å². The first-order valence-electron chi connectivity index (χ1n) is 6.09. The van der Waals surface area contributed by atoms with Crippen LogP contribution >= 0.6 is 11.3 Å². The second-order valence-electron chi connectivity index (χ2n) is 4.75. The van der Waals surface area contributed by atoms with Crippen molar-refractivity contribution >= 4 is 26.9 Å². The molecule has 2 rings (SSSR count). The third kappa shape index (κ3) is 3.19. The lowest BCUT2D eigenvalue weighted by molar-refractivity contribution is 0.600. The Morgan fingerprint density at radius 3 is 2.55 bits per heavy atom. The van der Waals surface area contributed by atoms with Gasteiger partial charge in [-0.3, -0.25) is 0 Å². The summed E-state index contributed by atoms with van der Waals surface area (Å²) >= 11 is 1.59. The van der Waals surface area contributed by atoms with Crippen LogP contribution in [-0.2, 0) is 9.84 Å². The van der Waals surface area contributed by atoms with Gasteiger partial charge in [0.1, 0.15) is 5.82 Å². The van der Waals surface area contributed by atoms with Crippen molar-refractivity contribution in [2.45, 2.75) is 24.8 Å². The van der Waals surface area contributed by atoms with Gasteiger partial charge in [0.05, 0.1) is 16.6 Å². The molecule has 0 bridgehead atoms. The number of benzene rings is 1. The largest absolute Gasteiger partial charge is 0.375 e. The topological polar surface area (TPSA) is 46.2 Å². The van der Waals surface area contributed by atoms with Crippen LogP contribution in [-0.4, -0.2) is 14.7 Å². The van der Waals surface area contributed by atoms with Crippen LogP contribution in [0.3, 0.4) is 0 Å². The molecule has 0 aliphatic rings. The minimum absolute atomic E-state index is 0.0840. The number of sulfone groups is 1. The number of rotatable bonds is 4. The molecule has 6 heteroatoms. The predicted molar refractivity (Wildman–Crippen MR) is 80.6 cm³/mol. The Morgan fingerprint density at radius 2 is 2.00 bits per heavy atom. The molecule has 1 unspecified atom stereocenters. The van der Waals surface area contributed by atoms with E-state index < -0.39 is 15.7 Å². The van der Waals surface area contributed by atoms with Crippen LogP contribution in [0.1, 0.15) is 23.4 Å². The van der Waals surface area contributed by atoms with Crippen LogP contribution in [0.4, 0.5) is 10.1 Å². The summed E-state index contributed by atoms with van der Waals surface area (Å²) in [4.78, 5) is 1.21. The Kier molecular flexibility index (Phi) is 4.15. The summed E-state index contributed by atoms with van der Waals surface area (Å²) in [7, 11) is -3.34. The number of anilines is 1. The summed E-state index contributed by atoms with van der Waals surface area (Å²) in [6.45, 7) is 3.92. The van der Waals surface area contributed by atoms with Crippen molar-refractivity contribution < 1.29 is 12.8 Å². The fraction of sp³-hybridized carbons (Fsp3) is 0.286. The third-order valence-corrected chi connectivity index (χ3v) is 5.34. The fourth-order valence-corrected chi connectivity index (χ4v) is 3.56. The van der Waals surface area contributed by atoms with Crippen molar-refractivity contribution in [2.24, 2.45) is 0 Å². The van der Waals surface area contributed by atoms with Crippen LogP contribution in [0.5, 0.6) is 0 Å². The van der Waals surface area contributed by atoms with Crippen molar-refractivity contribution in [3.05, 3.63) is 45.9 Å². The molecule has 2 aromatic rings.